The molecule has 1 aromatic carbocycles. The number of rotatable bonds is 9. The molecule has 1 atom stereocenters. The predicted molar refractivity (Wildman–Crippen MR) is 85.9 cm³/mol. The summed E-state index contributed by atoms with van der Waals surface area (Å²) in [6.07, 6.45) is -0.592. The van der Waals surface area contributed by atoms with Crippen molar-refractivity contribution in [1.82, 2.24) is 5.32 Å². The van der Waals surface area contributed by atoms with Gasteiger partial charge < -0.3 is 19.9 Å². The maximum absolute atomic E-state index is 9.76. The molecule has 0 spiro atoms. The van der Waals surface area contributed by atoms with Crippen LogP contribution in [0.1, 0.15) is 37.5 Å². The second-order valence-electron chi connectivity index (χ2n) is 5.72. The molecular weight excluding hydrogens is 266 g/mol. The molecule has 2 N–H and O–H groups in total. The first-order chi connectivity index (χ1) is 9.93. The maximum Gasteiger partial charge on any atom is 0.125 e. The minimum atomic E-state index is -0.592. The van der Waals surface area contributed by atoms with E-state index >= 15 is 0 Å². The summed E-state index contributed by atoms with van der Waals surface area (Å²) >= 11 is 0. The Bertz CT molecular complexity index is 409. The van der Waals surface area contributed by atoms with Crippen LogP contribution in [0, 0.1) is 13.8 Å². The van der Waals surface area contributed by atoms with Crippen LogP contribution in [0.25, 0.3) is 0 Å². The zero-order valence-corrected chi connectivity index (χ0v) is 13.9. The zero-order chi connectivity index (χ0) is 15.8. The first-order valence-corrected chi connectivity index (χ1v) is 7.66. The summed E-state index contributed by atoms with van der Waals surface area (Å²) in [5, 5.41) is 13.2. The van der Waals surface area contributed by atoms with E-state index in [1.807, 2.05) is 20.8 Å². The summed E-state index contributed by atoms with van der Waals surface area (Å²) in [6, 6.07) is 4.73. The monoisotopic (exact) mass is 295 g/mol. The first-order valence-electron chi connectivity index (χ1n) is 7.66. The summed E-state index contributed by atoms with van der Waals surface area (Å²) in [7, 11) is 0. The molecule has 1 unspecified atom stereocenters. The van der Waals surface area contributed by atoms with Crippen LogP contribution in [-0.4, -0.2) is 37.1 Å². The summed E-state index contributed by atoms with van der Waals surface area (Å²) in [6.45, 7) is 12.3. The third-order valence-electron chi connectivity index (χ3n) is 3.17. The highest BCUT2D eigenvalue weighted by molar-refractivity contribution is 5.43. The molecule has 0 saturated heterocycles. The number of nitrogens with one attached hydrogen (secondary N) is 1. The van der Waals surface area contributed by atoms with Gasteiger partial charge in [-0.1, -0.05) is 26.0 Å². The van der Waals surface area contributed by atoms with Crippen LogP contribution in [0.3, 0.4) is 0 Å². The Labute approximate surface area is 128 Å². The number of hydrogen-bond donors (Lipinski definition) is 2. The Morgan fingerprint density at radius 1 is 1.14 bits per heavy atom. The van der Waals surface area contributed by atoms with Crippen molar-refractivity contribution in [1.29, 1.82) is 0 Å². The van der Waals surface area contributed by atoms with Gasteiger partial charge in [0.05, 0.1) is 6.61 Å². The minimum absolute atomic E-state index is 0.255. The number of aliphatic hydroxyl groups is 1. The lowest BCUT2D eigenvalue weighted by Gasteiger charge is -2.17. The molecule has 0 aliphatic carbocycles. The molecule has 0 aliphatic heterocycles. The topological polar surface area (TPSA) is 50.7 Å². The molecule has 0 radical (unpaired) electrons. The Hall–Kier alpha value is -1.10. The fourth-order valence-corrected chi connectivity index (χ4v) is 2.17. The van der Waals surface area contributed by atoms with Crippen LogP contribution in [0.2, 0.25) is 0 Å². The minimum Gasteiger partial charge on any atom is -0.490 e. The van der Waals surface area contributed by atoms with E-state index in [9.17, 15) is 5.11 Å². The van der Waals surface area contributed by atoms with Gasteiger partial charge in [-0.2, -0.15) is 0 Å². The van der Waals surface area contributed by atoms with Crippen molar-refractivity contribution < 1.29 is 14.6 Å². The lowest BCUT2D eigenvalue weighted by atomic mass is 10.1. The van der Waals surface area contributed by atoms with Crippen molar-refractivity contribution in [2.45, 2.75) is 53.3 Å². The van der Waals surface area contributed by atoms with Gasteiger partial charge in [-0.15, -0.1) is 0 Å². The predicted octanol–water partition coefficient (Wildman–Crippen LogP) is 2.58. The van der Waals surface area contributed by atoms with E-state index in [4.69, 9.17) is 9.47 Å². The summed E-state index contributed by atoms with van der Waals surface area (Å²) < 4.78 is 10.9. The van der Waals surface area contributed by atoms with Gasteiger partial charge in [-0.25, -0.2) is 0 Å². The Balaban J connectivity index is 2.62. The molecule has 120 valence electrons. The highest BCUT2D eigenvalue weighted by Crippen LogP contribution is 2.25. The van der Waals surface area contributed by atoms with Gasteiger partial charge in [-0.3, -0.25) is 0 Å². The van der Waals surface area contributed by atoms with Crippen molar-refractivity contribution in [3.8, 4) is 5.75 Å². The lowest BCUT2D eigenvalue weighted by Crippen LogP contribution is -2.24. The smallest absolute Gasteiger partial charge is 0.125 e. The van der Waals surface area contributed by atoms with Crippen molar-refractivity contribution in [3.05, 3.63) is 28.8 Å². The first kappa shape index (κ1) is 18.0. The van der Waals surface area contributed by atoms with Crippen LogP contribution in [0.15, 0.2) is 12.1 Å². The van der Waals surface area contributed by atoms with Crippen molar-refractivity contribution in [2.24, 2.45) is 0 Å². The van der Waals surface area contributed by atoms with Gasteiger partial charge in [0.2, 0.25) is 0 Å². The van der Waals surface area contributed by atoms with Crippen LogP contribution < -0.4 is 10.1 Å². The lowest BCUT2D eigenvalue weighted by molar-refractivity contribution is 0.0162. The van der Waals surface area contributed by atoms with Crippen LogP contribution >= 0.6 is 0 Å². The van der Waals surface area contributed by atoms with Gasteiger partial charge in [-0.05, 0) is 37.5 Å². The number of aryl methyl sites for hydroxylation is 2. The number of ether oxygens (including phenoxy) is 2. The van der Waals surface area contributed by atoms with Crippen molar-refractivity contribution in [3.63, 3.8) is 0 Å². The normalized spacial score (nSPS) is 12.7. The molecular formula is C17H29NO3. The summed E-state index contributed by atoms with van der Waals surface area (Å²) in [5.41, 5.74) is 3.44. The third-order valence-corrected chi connectivity index (χ3v) is 3.17. The molecule has 4 nitrogen and oxygen atoms in total. The van der Waals surface area contributed by atoms with Crippen LogP contribution in [0.5, 0.6) is 5.75 Å². The van der Waals surface area contributed by atoms with E-state index in [0.29, 0.717) is 19.3 Å². The van der Waals surface area contributed by atoms with E-state index in [2.05, 4.69) is 31.3 Å². The Morgan fingerprint density at radius 2 is 1.76 bits per heavy atom. The van der Waals surface area contributed by atoms with Crippen LogP contribution in [0.4, 0.5) is 0 Å². The molecule has 0 aromatic heterocycles. The second-order valence-corrected chi connectivity index (χ2v) is 5.72. The Kier molecular flexibility index (Phi) is 7.72. The number of benzene rings is 1. The standard InChI is InChI=1S/C17H29NO3/c1-6-20-10-16(19)11-21-17-13(4)7-15(8-14(17)5)9-18-12(2)3/h7-8,12,16,18-19H,6,9-11H2,1-5H3. The molecule has 1 aromatic rings. The van der Waals surface area contributed by atoms with E-state index in [0.717, 1.165) is 23.4 Å². The van der Waals surface area contributed by atoms with E-state index in [1.165, 1.54) is 5.56 Å². The molecule has 0 bridgehead atoms. The molecule has 0 heterocycles. The molecule has 1 rings (SSSR count). The molecule has 0 saturated carbocycles. The highest BCUT2D eigenvalue weighted by atomic mass is 16.5. The molecule has 0 amide bonds. The molecule has 21 heavy (non-hydrogen) atoms. The molecule has 4 heteroatoms. The Morgan fingerprint density at radius 3 is 2.29 bits per heavy atom. The van der Waals surface area contributed by atoms with Gasteiger partial charge in [0.25, 0.3) is 0 Å². The number of hydrogen-bond acceptors (Lipinski definition) is 4. The zero-order valence-electron chi connectivity index (χ0n) is 13.9. The van der Waals surface area contributed by atoms with Crippen LogP contribution in [-0.2, 0) is 11.3 Å². The van der Waals surface area contributed by atoms with E-state index in [-0.39, 0.29) is 6.61 Å². The van der Waals surface area contributed by atoms with E-state index in [1.54, 1.807) is 0 Å². The third kappa shape index (κ3) is 6.46. The van der Waals surface area contributed by atoms with Crippen molar-refractivity contribution in [2.75, 3.05) is 19.8 Å². The van der Waals surface area contributed by atoms with Gasteiger partial charge in [0.1, 0.15) is 18.5 Å². The molecule has 0 fully saturated rings. The maximum atomic E-state index is 9.76. The second kappa shape index (κ2) is 9.03. The van der Waals surface area contributed by atoms with Gasteiger partial charge in [0, 0.05) is 19.2 Å². The highest BCUT2D eigenvalue weighted by Gasteiger charge is 2.10. The summed E-state index contributed by atoms with van der Waals surface area (Å²) in [5.74, 6) is 0.860. The average Bonchev–Trinajstić information content (AvgIpc) is 2.41. The van der Waals surface area contributed by atoms with E-state index < -0.39 is 6.10 Å². The number of aliphatic hydroxyl groups excluding tert-OH is 1. The SMILES string of the molecule is CCOCC(O)COc1c(C)cc(CNC(C)C)cc1C. The fourth-order valence-electron chi connectivity index (χ4n) is 2.17. The largest absolute Gasteiger partial charge is 0.490 e. The summed E-state index contributed by atoms with van der Waals surface area (Å²) in [4.78, 5) is 0. The molecule has 0 aliphatic rings. The fraction of sp³-hybridized carbons (Fsp3) is 0.647. The quantitative estimate of drug-likeness (QED) is 0.735. The van der Waals surface area contributed by atoms with Gasteiger partial charge in [0.15, 0.2) is 0 Å². The van der Waals surface area contributed by atoms with Gasteiger partial charge >= 0.3 is 0 Å². The average molecular weight is 295 g/mol. The van der Waals surface area contributed by atoms with Crippen molar-refractivity contribution >= 4 is 0 Å².